The quantitative estimate of drug-likeness (QED) is 0.788. The van der Waals surface area contributed by atoms with Crippen LogP contribution in [-0.2, 0) is 4.79 Å². The highest BCUT2D eigenvalue weighted by Crippen LogP contribution is 2.40. The number of furan rings is 1. The molecule has 0 aromatic carbocycles. The number of anilines is 1. The van der Waals surface area contributed by atoms with Gasteiger partial charge in [0.05, 0.1) is 6.26 Å². The summed E-state index contributed by atoms with van der Waals surface area (Å²) in [6, 6.07) is 5.33. The van der Waals surface area contributed by atoms with E-state index >= 15 is 0 Å². The van der Waals surface area contributed by atoms with E-state index in [-0.39, 0.29) is 11.3 Å². The molecule has 2 saturated heterocycles. The topological polar surface area (TPSA) is 99.8 Å². The van der Waals surface area contributed by atoms with Crippen molar-refractivity contribution in [3.05, 3.63) is 42.6 Å². The highest BCUT2D eigenvalue weighted by molar-refractivity contribution is 5.91. The second-order valence-electron chi connectivity index (χ2n) is 7.33. The minimum absolute atomic E-state index is 0.0000374. The third-order valence-electron chi connectivity index (χ3n) is 5.20. The van der Waals surface area contributed by atoms with E-state index in [1.165, 1.54) is 0 Å². The summed E-state index contributed by atoms with van der Waals surface area (Å²) in [5, 5.41) is 7.12. The number of hydrogen-bond acceptors (Lipinski definition) is 6. The number of aromatic nitrogens is 2. The fourth-order valence-corrected chi connectivity index (χ4v) is 3.83. The van der Waals surface area contributed by atoms with E-state index < -0.39 is 12.1 Å². The molecule has 0 bridgehead atoms. The molecule has 2 aliphatic rings. The summed E-state index contributed by atoms with van der Waals surface area (Å²) in [5.41, 5.74) is 0.152. The highest BCUT2D eigenvalue weighted by atomic mass is 19.4. The number of carboxylic acids is 1. The van der Waals surface area contributed by atoms with Crippen LogP contribution >= 0.6 is 0 Å². The van der Waals surface area contributed by atoms with Gasteiger partial charge in [0.1, 0.15) is 0 Å². The van der Waals surface area contributed by atoms with Gasteiger partial charge in [-0.25, -0.2) is 14.8 Å². The Morgan fingerprint density at radius 1 is 1.10 bits per heavy atom. The first-order valence-corrected chi connectivity index (χ1v) is 9.35. The summed E-state index contributed by atoms with van der Waals surface area (Å²) >= 11 is 0. The van der Waals surface area contributed by atoms with Gasteiger partial charge in [-0.1, -0.05) is 0 Å². The minimum atomic E-state index is -5.08. The van der Waals surface area contributed by atoms with Gasteiger partial charge < -0.3 is 19.3 Å². The number of carbonyl (C=O) groups is 2. The lowest BCUT2D eigenvalue weighted by molar-refractivity contribution is -0.192. The number of piperidine rings is 1. The van der Waals surface area contributed by atoms with Crippen molar-refractivity contribution in [2.24, 2.45) is 5.41 Å². The Bertz CT molecular complexity index is 860. The number of nitrogens with zero attached hydrogens (tertiary/aromatic N) is 4. The summed E-state index contributed by atoms with van der Waals surface area (Å²) in [7, 11) is 0. The minimum Gasteiger partial charge on any atom is -0.475 e. The van der Waals surface area contributed by atoms with Crippen molar-refractivity contribution in [2.75, 3.05) is 31.1 Å². The molecule has 30 heavy (non-hydrogen) atoms. The van der Waals surface area contributed by atoms with Gasteiger partial charge in [0.15, 0.2) is 5.76 Å². The first-order valence-electron chi connectivity index (χ1n) is 9.35. The van der Waals surface area contributed by atoms with Gasteiger partial charge in [-0.2, -0.15) is 13.2 Å². The molecule has 1 spiro atoms. The van der Waals surface area contributed by atoms with E-state index in [1.54, 1.807) is 30.8 Å². The summed E-state index contributed by atoms with van der Waals surface area (Å²) < 4.78 is 37.0. The van der Waals surface area contributed by atoms with Crippen LogP contribution in [0.15, 0.2) is 41.3 Å². The molecule has 162 valence electrons. The molecular formula is C19H21F3N4O4. The van der Waals surface area contributed by atoms with Crippen LogP contribution in [0.25, 0.3) is 0 Å². The molecule has 0 aliphatic carbocycles. The molecule has 0 saturated carbocycles. The second-order valence-corrected chi connectivity index (χ2v) is 7.33. The Kier molecular flexibility index (Phi) is 6.28. The van der Waals surface area contributed by atoms with Gasteiger partial charge in [-0.3, -0.25) is 4.79 Å². The average molecular weight is 426 g/mol. The Labute approximate surface area is 170 Å². The number of halogens is 3. The van der Waals surface area contributed by atoms with Crippen molar-refractivity contribution in [1.29, 1.82) is 0 Å². The number of amides is 1. The van der Waals surface area contributed by atoms with Gasteiger partial charge in [-0.05, 0) is 37.5 Å². The largest absolute Gasteiger partial charge is 0.490 e. The van der Waals surface area contributed by atoms with Crippen LogP contribution in [0, 0.1) is 5.41 Å². The maximum absolute atomic E-state index is 12.5. The Morgan fingerprint density at radius 2 is 1.80 bits per heavy atom. The predicted octanol–water partition coefficient (Wildman–Crippen LogP) is 2.84. The second kappa shape index (κ2) is 8.72. The zero-order valence-corrected chi connectivity index (χ0v) is 16.0. The molecular weight excluding hydrogens is 405 g/mol. The first-order chi connectivity index (χ1) is 14.2. The number of carboxylic acid groups (broad SMARTS) is 1. The average Bonchev–Trinajstić information content (AvgIpc) is 3.39. The van der Waals surface area contributed by atoms with Crippen LogP contribution in [0.5, 0.6) is 0 Å². The standard InChI is InChI=1S/C17H20N4O2.C2HF3O2/c22-15(14-4-1-11-23-14)20-10-6-17(12-20)5-2-9-21(13-17)16-18-7-3-8-19-16;3-2(4,5)1(6)7/h1,3-4,7-8,11H,2,5-6,9-10,12-13H2;(H,6,7). The van der Waals surface area contributed by atoms with E-state index in [9.17, 15) is 18.0 Å². The SMILES string of the molecule is O=C(O)C(F)(F)F.O=C(c1ccco1)N1CCC2(CCCN(c3ncccn3)C2)C1. The van der Waals surface area contributed by atoms with Crippen LogP contribution in [0.2, 0.25) is 0 Å². The third kappa shape index (κ3) is 5.08. The fraction of sp³-hybridized carbons (Fsp3) is 0.474. The lowest BCUT2D eigenvalue weighted by atomic mass is 9.79. The molecule has 4 rings (SSSR count). The van der Waals surface area contributed by atoms with E-state index in [0.717, 1.165) is 51.4 Å². The lowest BCUT2D eigenvalue weighted by Crippen LogP contribution is -2.46. The third-order valence-corrected chi connectivity index (χ3v) is 5.20. The molecule has 0 radical (unpaired) electrons. The number of alkyl halides is 3. The molecule has 4 heterocycles. The first kappa shape index (κ1) is 21.6. The Morgan fingerprint density at radius 3 is 2.40 bits per heavy atom. The molecule has 8 nitrogen and oxygen atoms in total. The number of rotatable bonds is 2. The number of likely N-dealkylation sites (tertiary alicyclic amines) is 1. The molecule has 2 fully saturated rings. The van der Waals surface area contributed by atoms with Crippen LogP contribution < -0.4 is 4.90 Å². The van der Waals surface area contributed by atoms with Crippen molar-refractivity contribution in [2.45, 2.75) is 25.4 Å². The number of hydrogen-bond donors (Lipinski definition) is 1. The van der Waals surface area contributed by atoms with Gasteiger partial charge >= 0.3 is 12.1 Å². The molecule has 1 atom stereocenters. The van der Waals surface area contributed by atoms with E-state index in [2.05, 4.69) is 14.9 Å². The predicted molar refractivity (Wildman–Crippen MR) is 98.8 cm³/mol. The normalized spacial score (nSPS) is 21.3. The lowest BCUT2D eigenvalue weighted by Gasteiger charge is -2.40. The molecule has 2 aliphatic heterocycles. The van der Waals surface area contributed by atoms with Crippen molar-refractivity contribution < 1.29 is 32.3 Å². The Balaban J connectivity index is 0.000000318. The maximum Gasteiger partial charge on any atom is 0.490 e. The highest BCUT2D eigenvalue weighted by Gasteiger charge is 2.43. The summed E-state index contributed by atoms with van der Waals surface area (Å²) in [6.07, 6.45) is 3.33. The van der Waals surface area contributed by atoms with Crippen molar-refractivity contribution in [3.63, 3.8) is 0 Å². The van der Waals surface area contributed by atoms with Gasteiger partial charge in [0, 0.05) is 44.0 Å². The van der Waals surface area contributed by atoms with Crippen LogP contribution in [0.3, 0.4) is 0 Å². The van der Waals surface area contributed by atoms with Gasteiger partial charge in [-0.15, -0.1) is 0 Å². The van der Waals surface area contributed by atoms with Crippen molar-refractivity contribution in [3.8, 4) is 0 Å². The monoisotopic (exact) mass is 426 g/mol. The maximum atomic E-state index is 12.5. The number of carbonyl (C=O) groups excluding carboxylic acids is 1. The van der Waals surface area contributed by atoms with Crippen molar-refractivity contribution in [1.82, 2.24) is 14.9 Å². The van der Waals surface area contributed by atoms with E-state index in [4.69, 9.17) is 14.3 Å². The summed E-state index contributed by atoms with van der Waals surface area (Å²) in [6.45, 7) is 3.48. The zero-order valence-electron chi connectivity index (χ0n) is 16.0. The molecule has 11 heteroatoms. The van der Waals surface area contributed by atoms with Crippen LogP contribution in [0.4, 0.5) is 19.1 Å². The van der Waals surface area contributed by atoms with Crippen LogP contribution in [0.1, 0.15) is 29.8 Å². The van der Waals surface area contributed by atoms with Crippen LogP contribution in [-0.4, -0.2) is 64.2 Å². The fourth-order valence-electron chi connectivity index (χ4n) is 3.83. The molecule has 2 aromatic heterocycles. The van der Waals surface area contributed by atoms with Crippen molar-refractivity contribution >= 4 is 17.8 Å². The van der Waals surface area contributed by atoms with E-state index in [1.807, 2.05) is 11.0 Å². The summed E-state index contributed by atoms with van der Waals surface area (Å²) in [4.78, 5) is 34.3. The molecule has 1 N–H and O–H groups in total. The zero-order chi connectivity index (χ0) is 21.8. The number of aliphatic carboxylic acids is 1. The smallest absolute Gasteiger partial charge is 0.475 e. The van der Waals surface area contributed by atoms with E-state index in [0.29, 0.717) is 5.76 Å². The summed E-state index contributed by atoms with van der Waals surface area (Å²) in [5.74, 6) is -1.53. The molecule has 1 unspecified atom stereocenters. The molecule has 2 aromatic rings. The Hall–Kier alpha value is -3.11. The van der Waals surface area contributed by atoms with Gasteiger partial charge in [0.25, 0.3) is 5.91 Å². The van der Waals surface area contributed by atoms with Gasteiger partial charge in [0.2, 0.25) is 5.95 Å². The molecule has 1 amide bonds.